The minimum atomic E-state index is -4.59. The van der Waals surface area contributed by atoms with Crippen molar-refractivity contribution in [3.8, 4) is 16.9 Å². The van der Waals surface area contributed by atoms with Crippen LogP contribution in [0.15, 0.2) is 78.9 Å². The van der Waals surface area contributed by atoms with Gasteiger partial charge in [0.2, 0.25) is 5.91 Å². The Morgan fingerprint density at radius 1 is 0.972 bits per heavy atom. The summed E-state index contributed by atoms with van der Waals surface area (Å²) in [4.78, 5) is 45.1. The van der Waals surface area contributed by atoms with Crippen LogP contribution in [0, 0.1) is 0 Å². The first-order chi connectivity index (χ1) is 17.2. The third-order valence-electron chi connectivity index (χ3n) is 5.53. The predicted molar refractivity (Wildman–Crippen MR) is 137 cm³/mol. The molecule has 1 amide bonds. The number of carboxylic acids is 1. The monoisotopic (exact) mass is 512 g/mol. The van der Waals surface area contributed by atoms with E-state index in [2.05, 4.69) is 5.32 Å². The maximum Gasteiger partial charge on any atom is 0.344 e. The summed E-state index contributed by atoms with van der Waals surface area (Å²) in [7, 11) is -3.12. The van der Waals surface area contributed by atoms with Gasteiger partial charge in [0.15, 0.2) is 0 Å². The van der Waals surface area contributed by atoms with Gasteiger partial charge in [-0.1, -0.05) is 60.7 Å². The molecule has 0 aromatic heterocycles. The molecule has 3 aromatic carbocycles. The Balaban J connectivity index is 1.95. The Labute approximate surface area is 209 Å². The summed E-state index contributed by atoms with van der Waals surface area (Å²) >= 11 is 0. The van der Waals surface area contributed by atoms with Crippen molar-refractivity contribution in [3.63, 3.8) is 0 Å². The first-order valence-electron chi connectivity index (χ1n) is 11.3. The average molecular weight is 512 g/mol. The SMILES string of the molecule is COc1cccc(N(CP(=O)(O)O)C(Cc2ccc(-c3ccccc3)cc2)C(=O)NCCC(=O)O)c1. The van der Waals surface area contributed by atoms with E-state index in [0.29, 0.717) is 11.4 Å². The van der Waals surface area contributed by atoms with Gasteiger partial charge in [0.1, 0.15) is 18.1 Å². The third kappa shape index (κ3) is 7.95. The highest BCUT2D eigenvalue weighted by molar-refractivity contribution is 7.51. The minimum Gasteiger partial charge on any atom is -0.497 e. The van der Waals surface area contributed by atoms with Crippen LogP contribution in [0.1, 0.15) is 12.0 Å². The van der Waals surface area contributed by atoms with Crippen LogP contribution in [0.4, 0.5) is 5.69 Å². The second-order valence-electron chi connectivity index (χ2n) is 8.20. The fraction of sp³-hybridized carbons (Fsp3) is 0.231. The lowest BCUT2D eigenvalue weighted by molar-refractivity contribution is -0.136. The van der Waals surface area contributed by atoms with Gasteiger partial charge >= 0.3 is 13.6 Å². The molecule has 1 unspecified atom stereocenters. The summed E-state index contributed by atoms with van der Waals surface area (Å²) < 4.78 is 17.3. The summed E-state index contributed by atoms with van der Waals surface area (Å²) in [6, 6.07) is 22.9. The number of rotatable bonds is 12. The number of benzene rings is 3. The van der Waals surface area contributed by atoms with Crippen molar-refractivity contribution in [2.24, 2.45) is 0 Å². The van der Waals surface area contributed by atoms with Crippen molar-refractivity contribution in [1.82, 2.24) is 5.32 Å². The highest BCUT2D eigenvalue weighted by Crippen LogP contribution is 2.39. The molecule has 0 heterocycles. The van der Waals surface area contributed by atoms with Crippen LogP contribution in [0.25, 0.3) is 11.1 Å². The lowest BCUT2D eigenvalue weighted by Gasteiger charge is -2.33. The second kappa shape index (κ2) is 12.4. The molecule has 0 saturated heterocycles. The van der Waals surface area contributed by atoms with Crippen molar-refractivity contribution < 1.29 is 33.8 Å². The Morgan fingerprint density at radius 2 is 1.64 bits per heavy atom. The van der Waals surface area contributed by atoms with E-state index >= 15 is 0 Å². The number of anilines is 1. The molecule has 0 aliphatic heterocycles. The van der Waals surface area contributed by atoms with Gasteiger partial charge in [0.25, 0.3) is 0 Å². The molecule has 3 aromatic rings. The van der Waals surface area contributed by atoms with E-state index in [1.807, 2.05) is 54.6 Å². The van der Waals surface area contributed by atoms with Crippen LogP contribution in [0.2, 0.25) is 0 Å². The molecule has 9 nitrogen and oxygen atoms in total. The molecule has 0 aliphatic rings. The van der Waals surface area contributed by atoms with Gasteiger partial charge in [-0.05, 0) is 28.8 Å². The molecule has 1 atom stereocenters. The molecule has 0 saturated carbocycles. The van der Waals surface area contributed by atoms with Crippen LogP contribution in [-0.2, 0) is 20.6 Å². The fourth-order valence-corrected chi connectivity index (χ4v) is 4.55. The summed E-state index contributed by atoms with van der Waals surface area (Å²) in [5.74, 6) is -1.15. The number of carbonyl (C=O) groups excluding carboxylic acids is 1. The van der Waals surface area contributed by atoms with Crippen molar-refractivity contribution in [2.45, 2.75) is 18.9 Å². The fourth-order valence-electron chi connectivity index (χ4n) is 3.79. The van der Waals surface area contributed by atoms with E-state index in [-0.39, 0.29) is 19.4 Å². The smallest absolute Gasteiger partial charge is 0.344 e. The Morgan fingerprint density at radius 3 is 2.25 bits per heavy atom. The predicted octanol–water partition coefficient (Wildman–Crippen LogP) is 3.51. The second-order valence-corrected chi connectivity index (χ2v) is 9.81. The van der Waals surface area contributed by atoms with Crippen LogP contribution in [0.5, 0.6) is 5.75 Å². The lowest BCUT2D eigenvalue weighted by Crippen LogP contribution is -2.49. The molecule has 10 heteroatoms. The van der Waals surface area contributed by atoms with Crippen molar-refractivity contribution in [2.75, 3.05) is 24.8 Å². The van der Waals surface area contributed by atoms with Crippen LogP contribution in [-0.4, -0.2) is 52.8 Å². The first-order valence-corrected chi connectivity index (χ1v) is 13.0. The van der Waals surface area contributed by atoms with Crippen LogP contribution >= 0.6 is 7.60 Å². The third-order valence-corrected chi connectivity index (χ3v) is 6.20. The molecule has 36 heavy (non-hydrogen) atoms. The lowest BCUT2D eigenvalue weighted by atomic mass is 9.99. The quantitative estimate of drug-likeness (QED) is 0.271. The standard InChI is InChI=1S/C26H29N2O7P/c1-35-23-9-5-8-22(17-23)28(18-36(32,33)34)24(26(31)27-15-14-25(29)30)16-19-10-12-21(13-11-19)20-6-3-2-4-7-20/h2-13,17,24H,14-16,18H2,1H3,(H,27,31)(H,29,30)(H2,32,33,34). The van der Waals surface area contributed by atoms with Gasteiger partial charge in [-0.3, -0.25) is 14.2 Å². The summed E-state index contributed by atoms with van der Waals surface area (Å²) in [5.41, 5.74) is 3.18. The molecule has 3 rings (SSSR count). The number of nitrogens with one attached hydrogen (secondary N) is 1. The molecular formula is C26H29N2O7P. The van der Waals surface area contributed by atoms with Crippen LogP contribution < -0.4 is 15.0 Å². The zero-order valence-corrected chi connectivity index (χ0v) is 20.7. The number of amides is 1. The van der Waals surface area contributed by atoms with Gasteiger partial charge in [0.05, 0.1) is 13.5 Å². The van der Waals surface area contributed by atoms with Gasteiger partial charge in [0, 0.05) is 24.7 Å². The highest BCUT2D eigenvalue weighted by Gasteiger charge is 2.31. The molecule has 0 aliphatic carbocycles. The van der Waals surface area contributed by atoms with E-state index in [1.54, 1.807) is 24.3 Å². The normalized spacial score (nSPS) is 12.0. The largest absolute Gasteiger partial charge is 0.497 e. The van der Waals surface area contributed by atoms with Crippen molar-refractivity contribution in [3.05, 3.63) is 84.4 Å². The Bertz CT molecular complexity index is 1210. The number of carboxylic acid groups (broad SMARTS) is 1. The number of hydrogen-bond donors (Lipinski definition) is 4. The molecule has 0 spiro atoms. The maximum atomic E-state index is 13.2. The average Bonchev–Trinajstić information content (AvgIpc) is 2.86. The molecule has 0 bridgehead atoms. The number of methoxy groups -OCH3 is 1. The Kier molecular flexibility index (Phi) is 9.25. The van der Waals surface area contributed by atoms with E-state index in [4.69, 9.17) is 9.84 Å². The number of hydrogen-bond acceptors (Lipinski definition) is 5. The van der Waals surface area contributed by atoms with Crippen molar-refractivity contribution in [1.29, 1.82) is 0 Å². The minimum absolute atomic E-state index is 0.112. The number of aliphatic carboxylic acids is 1. The summed E-state index contributed by atoms with van der Waals surface area (Å²) in [6.45, 7) is -0.112. The van der Waals surface area contributed by atoms with Gasteiger partial charge in [-0.25, -0.2) is 0 Å². The number of nitrogens with zero attached hydrogens (tertiary/aromatic N) is 1. The molecule has 0 fully saturated rings. The van der Waals surface area contributed by atoms with Gasteiger partial charge in [-0.15, -0.1) is 0 Å². The molecule has 4 N–H and O–H groups in total. The zero-order valence-electron chi connectivity index (χ0n) is 19.8. The van der Waals surface area contributed by atoms with E-state index in [0.717, 1.165) is 16.7 Å². The van der Waals surface area contributed by atoms with E-state index in [9.17, 15) is 23.9 Å². The molecular weight excluding hydrogens is 483 g/mol. The van der Waals surface area contributed by atoms with Crippen LogP contribution in [0.3, 0.4) is 0 Å². The molecule has 190 valence electrons. The Hall–Kier alpha value is -3.65. The summed E-state index contributed by atoms with van der Waals surface area (Å²) in [6.07, 6.45) is -0.855. The zero-order chi connectivity index (χ0) is 26.1. The van der Waals surface area contributed by atoms with E-state index in [1.165, 1.54) is 12.0 Å². The van der Waals surface area contributed by atoms with Gasteiger partial charge < -0.3 is 29.8 Å². The first kappa shape index (κ1) is 26.9. The van der Waals surface area contributed by atoms with Crippen molar-refractivity contribution >= 4 is 25.2 Å². The topological polar surface area (TPSA) is 136 Å². The van der Waals surface area contributed by atoms with E-state index < -0.39 is 31.8 Å². The maximum absolute atomic E-state index is 13.2. The molecule has 0 radical (unpaired) electrons. The highest BCUT2D eigenvalue weighted by atomic mass is 31.2. The number of carbonyl (C=O) groups is 2. The van der Waals surface area contributed by atoms with Gasteiger partial charge in [-0.2, -0.15) is 0 Å². The number of ether oxygens (including phenoxy) is 1. The summed E-state index contributed by atoms with van der Waals surface area (Å²) in [5, 5.41) is 11.5.